The van der Waals surface area contributed by atoms with Crippen LogP contribution in [0.4, 0.5) is 0 Å². The highest BCUT2D eigenvalue weighted by molar-refractivity contribution is 8.45. The second-order valence-corrected chi connectivity index (χ2v) is 11.1. The first-order valence-electron chi connectivity index (χ1n) is 9.24. The smallest absolute Gasteiger partial charge is 0.335 e. The molecular weight excluding hydrogens is 432 g/mol. The van der Waals surface area contributed by atoms with Crippen molar-refractivity contribution in [2.24, 2.45) is 0 Å². The number of carbonyl (C=O) groups is 2. The molecule has 0 aliphatic carbocycles. The number of hydrogen-bond acceptors (Lipinski definition) is 8. The Labute approximate surface area is 180 Å². The quantitative estimate of drug-likeness (QED) is 0.146. The predicted molar refractivity (Wildman–Crippen MR) is 118 cm³/mol. The van der Waals surface area contributed by atoms with Crippen LogP contribution in [0.15, 0.2) is 22.0 Å². The van der Waals surface area contributed by atoms with Gasteiger partial charge in [-0.1, -0.05) is 23.5 Å². The molecule has 10 heteroatoms. The van der Waals surface area contributed by atoms with Gasteiger partial charge < -0.3 is 14.9 Å². The summed E-state index contributed by atoms with van der Waals surface area (Å²) in [6.45, 7) is 3.95. The topological polar surface area (TPSA) is 110 Å². The van der Waals surface area contributed by atoms with Crippen molar-refractivity contribution in [3.8, 4) is 11.5 Å². The Morgan fingerprint density at radius 3 is 2.76 bits per heavy atom. The highest BCUT2D eigenvalue weighted by Crippen LogP contribution is 2.40. The number of ether oxygens (including phenoxy) is 1. The summed E-state index contributed by atoms with van der Waals surface area (Å²) in [6.07, 6.45) is 2.39. The number of phenols is 1. The number of rotatable bonds is 13. The lowest BCUT2D eigenvalue weighted by Crippen LogP contribution is -2.04. The van der Waals surface area contributed by atoms with E-state index in [0.29, 0.717) is 35.7 Å². The third-order valence-corrected chi connectivity index (χ3v) is 9.23. The van der Waals surface area contributed by atoms with Crippen LogP contribution in [0.2, 0.25) is 0 Å². The van der Waals surface area contributed by atoms with E-state index in [2.05, 4.69) is 10.2 Å². The molecule has 0 fully saturated rings. The largest absolute Gasteiger partial charge is 0.507 e. The molecule has 1 aromatic heterocycles. The van der Waals surface area contributed by atoms with Gasteiger partial charge in [0.2, 0.25) is 0 Å². The lowest BCUT2D eigenvalue weighted by molar-refractivity contribution is -0.136. The monoisotopic (exact) mass is 457 g/mol. The first kappa shape index (κ1) is 23.5. The Morgan fingerprint density at radius 2 is 2.07 bits per heavy atom. The second kappa shape index (κ2) is 12.0. The summed E-state index contributed by atoms with van der Waals surface area (Å²) in [7, 11) is 1.48. The van der Waals surface area contributed by atoms with Gasteiger partial charge in [0, 0.05) is 11.3 Å². The Kier molecular flexibility index (Phi) is 9.75. The van der Waals surface area contributed by atoms with Crippen molar-refractivity contribution in [3.05, 3.63) is 28.8 Å². The summed E-state index contributed by atoms with van der Waals surface area (Å²) in [6, 6.07) is 3.36. The molecule has 158 valence electrons. The molecule has 0 radical (unpaired) electrons. The normalized spacial score (nSPS) is 11.4. The van der Waals surface area contributed by atoms with Gasteiger partial charge in [0.1, 0.15) is 31.8 Å². The molecule has 0 aliphatic heterocycles. The van der Waals surface area contributed by atoms with Crippen molar-refractivity contribution in [1.29, 1.82) is 0 Å². The molecule has 1 unspecified atom stereocenters. The van der Waals surface area contributed by atoms with Crippen LogP contribution in [0.3, 0.4) is 0 Å². The molecule has 0 aliphatic rings. The average molecular weight is 458 g/mol. The molecule has 0 saturated carbocycles. The van der Waals surface area contributed by atoms with Gasteiger partial charge in [-0.2, -0.15) is 0 Å². The number of aliphatic carboxylic acids is 1. The van der Waals surface area contributed by atoms with Crippen LogP contribution < -0.4 is 4.74 Å². The van der Waals surface area contributed by atoms with Gasteiger partial charge in [-0.05, 0) is 43.7 Å². The van der Waals surface area contributed by atoms with Crippen molar-refractivity contribution >= 4 is 43.8 Å². The maximum Gasteiger partial charge on any atom is 0.335 e. The fourth-order valence-electron chi connectivity index (χ4n) is 2.51. The predicted octanol–water partition coefficient (Wildman–Crippen LogP) is 4.62. The van der Waals surface area contributed by atoms with Crippen molar-refractivity contribution in [1.82, 2.24) is 10.2 Å². The molecular formula is C19H25N2O5S3+. The third kappa shape index (κ3) is 7.20. The van der Waals surface area contributed by atoms with Gasteiger partial charge in [-0.15, -0.1) is 0 Å². The molecule has 2 aromatic rings. The SMILES string of the molecule is CCCc1c(OCCCS[s+]2cnnc2SCCC(=O)O)ccc(C(C)=O)c1O. The molecule has 1 aromatic carbocycles. The Hall–Kier alpha value is -1.78. The number of aromatic nitrogens is 2. The average Bonchev–Trinajstić information content (AvgIpc) is 3.10. The molecule has 1 heterocycles. The van der Waals surface area contributed by atoms with E-state index in [1.807, 2.05) is 6.92 Å². The molecule has 1 atom stereocenters. The first-order chi connectivity index (χ1) is 13.9. The lowest BCUT2D eigenvalue weighted by Gasteiger charge is -2.14. The fraction of sp³-hybridized carbons (Fsp3) is 0.474. The highest BCUT2D eigenvalue weighted by atomic mass is 33.1. The zero-order valence-corrected chi connectivity index (χ0v) is 18.9. The molecule has 0 amide bonds. The molecule has 0 bridgehead atoms. The third-order valence-electron chi connectivity index (χ3n) is 3.87. The number of thioether (sulfide) groups is 1. The van der Waals surface area contributed by atoms with E-state index in [1.165, 1.54) is 18.7 Å². The number of aromatic hydroxyl groups is 1. The molecule has 29 heavy (non-hydrogen) atoms. The van der Waals surface area contributed by atoms with Gasteiger partial charge in [0.25, 0.3) is 5.51 Å². The van der Waals surface area contributed by atoms with Crippen LogP contribution in [0.1, 0.15) is 49.0 Å². The summed E-state index contributed by atoms with van der Waals surface area (Å²) in [4.78, 5) is 22.3. The van der Waals surface area contributed by atoms with E-state index >= 15 is 0 Å². The minimum atomic E-state index is -0.813. The number of benzene rings is 1. The summed E-state index contributed by atoms with van der Waals surface area (Å²) in [5, 5.41) is 27.1. The lowest BCUT2D eigenvalue weighted by atomic mass is 10.0. The summed E-state index contributed by atoms with van der Waals surface area (Å²) in [5.74, 6) is 0.996. The van der Waals surface area contributed by atoms with Crippen LogP contribution in [-0.4, -0.2) is 50.3 Å². The van der Waals surface area contributed by atoms with Crippen LogP contribution in [0.25, 0.3) is 0 Å². The van der Waals surface area contributed by atoms with E-state index in [-0.39, 0.29) is 27.5 Å². The van der Waals surface area contributed by atoms with Gasteiger partial charge in [0.05, 0.1) is 24.3 Å². The zero-order valence-electron chi connectivity index (χ0n) is 16.4. The number of Topliss-reactive ketones (excluding diaryl/α,β-unsaturated/α-hetero) is 1. The Bertz CT molecular complexity index is 841. The van der Waals surface area contributed by atoms with Crippen molar-refractivity contribution < 1.29 is 24.5 Å². The number of carboxylic acid groups (broad SMARTS) is 1. The Balaban J connectivity index is 1.84. The van der Waals surface area contributed by atoms with E-state index in [1.54, 1.807) is 28.4 Å². The van der Waals surface area contributed by atoms with Crippen LogP contribution in [0, 0.1) is 0 Å². The number of ketones is 1. The van der Waals surface area contributed by atoms with Crippen molar-refractivity contribution in [2.45, 2.75) is 43.9 Å². The minimum Gasteiger partial charge on any atom is -0.507 e. The molecule has 7 nitrogen and oxygen atoms in total. The molecule has 0 spiro atoms. The number of carbonyl (C=O) groups excluding carboxylic acids is 1. The van der Waals surface area contributed by atoms with E-state index < -0.39 is 5.97 Å². The number of carboxylic acids is 1. The Morgan fingerprint density at radius 1 is 1.28 bits per heavy atom. The van der Waals surface area contributed by atoms with Crippen LogP contribution in [0.5, 0.6) is 11.5 Å². The molecule has 2 N–H and O–H groups in total. The maximum absolute atomic E-state index is 11.6. The zero-order chi connectivity index (χ0) is 21.2. The summed E-state index contributed by atoms with van der Waals surface area (Å²) >= 11 is 1.44. The molecule has 2 rings (SSSR count). The van der Waals surface area contributed by atoms with Gasteiger partial charge in [0.15, 0.2) is 5.78 Å². The van der Waals surface area contributed by atoms with E-state index in [0.717, 1.165) is 22.9 Å². The fourth-order valence-corrected chi connectivity index (χ4v) is 7.30. The number of hydrogen-bond donors (Lipinski definition) is 2. The van der Waals surface area contributed by atoms with E-state index in [4.69, 9.17) is 9.84 Å². The van der Waals surface area contributed by atoms with Crippen LogP contribution >= 0.6 is 32.1 Å². The van der Waals surface area contributed by atoms with Gasteiger partial charge in [-0.3, -0.25) is 9.59 Å². The molecule has 0 saturated heterocycles. The highest BCUT2D eigenvalue weighted by Gasteiger charge is 2.20. The van der Waals surface area contributed by atoms with Crippen molar-refractivity contribution in [2.75, 3.05) is 18.1 Å². The van der Waals surface area contributed by atoms with Crippen molar-refractivity contribution in [3.63, 3.8) is 0 Å². The standard InChI is InChI=1S/C19H24N2O5S3/c1-3-5-15-16(7-6-14(13(2)22)18(15)25)26-9-4-10-28-29-12-20-21-19(29)27-11-8-17(23)24/h6-7,12H,3-5,8-11H2,1-2H3,(H-,22,23,24,25)/p+1. The summed E-state index contributed by atoms with van der Waals surface area (Å²) < 4.78 is 6.74. The van der Waals surface area contributed by atoms with Gasteiger partial charge in [-0.25, -0.2) is 0 Å². The second-order valence-electron chi connectivity index (χ2n) is 6.14. The first-order valence-corrected chi connectivity index (χ1v) is 13.0. The number of phenolic OH excluding ortho intramolecular Hbond substituents is 1. The number of nitrogens with zero attached hydrogens (tertiary/aromatic N) is 2. The van der Waals surface area contributed by atoms with E-state index in [9.17, 15) is 14.7 Å². The van der Waals surface area contributed by atoms with Gasteiger partial charge >= 0.3 is 10.3 Å². The summed E-state index contributed by atoms with van der Waals surface area (Å²) in [5.41, 5.74) is 2.80. The maximum atomic E-state index is 11.6. The van der Waals surface area contributed by atoms with Crippen LogP contribution in [-0.2, 0) is 11.2 Å². The minimum absolute atomic E-state index is 0.0223.